The minimum absolute atomic E-state index is 0.0167. The summed E-state index contributed by atoms with van der Waals surface area (Å²) in [7, 11) is 0. The molecule has 356 valence electrons. The molecule has 0 spiro atoms. The van der Waals surface area contributed by atoms with Gasteiger partial charge in [0.15, 0.2) is 0 Å². The number of hydrogen-bond acceptors (Lipinski definition) is 4. The van der Waals surface area contributed by atoms with Crippen LogP contribution < -0.4 is 5.32 Å². The Morgan fingerprint density at radius 1 is 0.417 bits per heavy atom. The Morgan fingerprint density at radius 2 is 0.700 bits per heavy atom. The maximum absolute atomic E-state index is 12.5. The summed E-state index contributed by atoms with van der Waals surface area (Å²) in [6.07, 6.45) is 63.6. The van der Waals surface area contributed by atoms with Gasteiger partial charge in [0, 0.05) is 0 Å². The van der Waals surface area contributed by atoms with Crippen molar-refractivity contribution in [3.8, 4) is 0 Å². The van der Waals surface area contributed by atoms with Gasteiger partial charge in [0.05, 0.1) is 31.3 Å². The van der Waals surface area contributed by atoms with E-state index in [4.69, 9.17) is 0 Å². The van der Waals surface area contributed by atoms with Crippen molar-refractivity contribution >= 4 is 5.91 Å². The molecule has 0 aromatic carbocycles. The summed E-state index contributed by atoms with van der Waals surface area (Å²) in [6.45, 7) is 4.24. The molecule has 5 nitrogen and oxygen atoms in total. The SMILES string of the molecule is CCCCCCCCCCCCCC/C=C\CCCCCCCCCCCCCCCCC(O)CC(=O)NC(CO)C(O)/C=C/CCCCCCCCCCCCCCC. The third kappa shape index (κ3) is 46.3. The Hall–Kier alpha value is -1.17. The van der Waals surface area contributed by atoms with Crippen molar-refractivity contribution in [2.75, 3.05) is 6.61 Å². The van der Waals surface area contributed by atoms with Gasteiger partial charge in [0.1, 0.15) is 0 Å². The highest BCUT2D eigenvalue weighted by Gasteiger charge is 2.20. The van der Waals surface area contributed by atoms with E-state index >= 15 is 0 Å². The summed E-state index contributed by atoms with van der Waals surface area (Å²) < 4.78 is 0. The van der Waals surface area contributed by atoms with Crippen LogP contribution in [0.25, 0.3) is 0 Å². The summed E-state index contributed by atoms with van der Waals surface area (Å²) in [5.74, 6) is -0.312. The highest BCUT2D eigenvalue weighted by molar-refractivity contribution is 5.76. The van der Waals surface area contributed by atoms with E-state index in [1.807, 2.05) is 6.08 Å². The molecule has 0 aromatic heterocycles. The number of unbranched alkanes of at least 4 members (excludes halogenated alkanes) is 39. The zero-order valence-corrected chi connectivity index (χ0v) is 40.6. The van der Waals surface area contributed by atoms with Crippen LogP contribution in [0.2, 0.25) is 0 Å². The normalized spacial score (nSPS) is 13.5. The van der Waals surface area contributed by atoms with Crippen LogP contribution in [0.15, 0.2) is 24.3 Å². The molecule has 3 atom stereocenters. The second-order valence-corrected chi connectivity index (χ2v) is 18.8. The van der Waals surface area contributed by atoms with E-state index in [0.29, 0.717) is 6.42 Å². The van der Waals surface area contributed by atoms with Crippen LogP contribution in [0.3, 0.4) is 0 Å². The van der Waals surface area contributed by atoms with Gasteiger partial charge in [0.25, 0.3) is 0 Å². The number of hydrogen-bond donors (Lipinski definition) is 4. The second-order valence-electron chi connectivity index (χ2n) is 18.8. The standard InChI is InChI=1S/C55H107NO4/c1-3-5-7-9-11-13-15-17-19-20-21-22-23-24-25-26-27-28-29-30-31-32-33-35-36-38-40-42-44-46-48-52(58)50-55(60)56-53(51-57)54(59)49-47-45-43-41-39-37-34-18-16-14-12-10-8-6-4-2/h24-25,47,49,52-54,57-59H,3-23,26-46,48,50-51H2,1-2H3,(H,56,60)/b25-24-,49-47+. The van der Waals surface area contributed by atoms with Gasteiger partial charge in [-0.25, -0.2) is 0 Å². The fourth-order valence-electron chi connectivity index (χ4n) is 8.57. The van der Waals surface area contributed by atoms with Gasteiger partial charge < -0.3 is 20.6 Å². The second kappa shape index (κ2) is 50.5. The van der Waals surface area contributed by atoms with E-state index in [2.05, 4.69) is 31.3 Å². The topological polar surface area (TPSA) is 89.8 Å². The van der Waals surface area contributed by atoms with Crippen LogP contribution in [0.4, 0.5) is 0 Å². The first-order chi connectivity index (χ1) is 29.5. The number of nitrogens with one attached hydrogen (secondary N) is 1. The van der Waals surface area contributed by atoms with Crippen LogP contribution in [0.1, 0.15) is 296 Å². The quantitative estimate of drug-likeness (QED) is 0.0363. The molecule has 0 aliphatic heterocycles. The van der Waals surface area contributed by atoms with Crippen LogP contribution in [0.5, 0.6) is 0 Å². The van der Waals surface area contributed by atoms with Gasteiger partial charge in [-0.2, -0.15) is 0 Å². The molecule has 0 aliphatic carbocycles. The Morgan fingerprint density at radius 3 is 1.02 bits per heavy atom. The van der Waals surface area contributed by atoms with Crippen molar-refractivity contribution < 1.29 is 20.1 Å². The van der Waals surface area contributed by atoms with Crippen molar-refractivity contribution in [1.82, 2.24) is 5.32 Å². The molecular weight excluding hydrogens is 739 g/mol. The zero-order chi connectivity index (χ0) is 43.7. The van der Waals surface area contributed by atoms with Crippen LogP contribution in [-0.4, -0.2) is 46.1 Å². The van der Waals surface area contributed by atoms with E-state index < -0.39 is 18.2 Å². The van der Waals surface area contributed by atoms with Crippen molar-refractivity contribution in [3.05, 3.63) is 24.3 Å². The number of amides is 1. The number of allylic oxidation sites excluding steroid dienone is 3. The van der Waals surface area contributed by atoms with Crippen molar-refractivity contribution in [2.24, 2.45) is 0 Å². The highest BCUT2D eigenvalue weighted by Crippen LogP contribution is 2.17. The van der Waals surface area contributed by atoms with Gasteiger partial charge in [-0.1, -0.05) is 269 Å². The number of aliphatic hydroxyl groups is 3. The molecule has 0 radical (unpaired) electrons. The lowest BCUT2D eigenvalue weighted by Crippen LogP contribution is -2.45. The van der Waals surface area contributed by atoms with E-state index in [-0.39, 0.29) is 18.9 Å². The molecule has 0 aliphatic rings. The highest BCUT2D eigenvalue weighted by atomic mass is 16.3. The van der Waals surface area contributed by atoms with Gasteiger partial charge in [0.2, 0.25) is 5.91 Å². The van der Waals surface area contributed by atoms with Crippen LogP contribution >= 0.6 is 0 Å². The summed E-state index contributed by atoms with van der Waals surface area (Å²) >= 11 is 0. The smallest absolute Gasteiger partial charge is 0.222 e. The first kappa shape index (κ1) is 58.8. The van der Waals surface area contributed by atoms with Gasteiger partial charge in [-0.15, -0.1) is 0 Å². The Kier molecular flexibility index (Phi) is 49.5. The minimum atomic E-state index is -0.927. The number of aliphatic hydroxyl groups excluding tert-OH is 3. The predicted octanol–water partition coefficient (Wildman–Crippen LogP) is 16.5. The summed E-state index contributed by atoms with van der Waals surface area (Å²) in [5, 5.41) is 33.4. The molecule has 1 amide bonds. The fourth-order valence-corrected chi connectivity index (χ4v) is 8.57. The Bertz CT molecular complexity index is 890. The Balaban J connectivity index is 3.52. The molecule has 0 heterocycles. The average Bonchev–Trinajstić information content (AvgIpc) is 3.24. The lowest BCUT2D eigenvalue weighted by Gasteiger charge is -2.21. The van der Waals surface area contributed by atoms with Gasteiger partial charge in [-0.05, 0) is 44.9 Å². The summed E-state index contributed by atoms with van der Waals surface area (Å²) in [4.78, 5) is 12.5. The third-order valence-corrected chi connectivity index (χ3v) is 12.7. The molecule has 0 saturated heterocycles. The van der Waals surface area contributed by atoms with Gasteiger partial charge in [-0.3, -0.25) is 4.79 Å². The Labute approximate surface area is 375 Å². The molecule has 5 heteroatoms. The largest absolute Gasteiger partial charge is 0.394 e. The predicted molar refractivity (Wildman–Crippen MR) is 264 cm³/mol. The number of carbonyl (C=O) groups is 1. The molecule has 4 N–H and O–H groups in total. The average molecular weight is 846 g/mol. The summed E-state index contributed by atoms with van der Waals surface area (Å²) in [6, 6.07) is -0.742. The first-order valence-corrected chi connectivity index (χ1v) is 27.1. The summed E-state index contributed by atoms with van der Waals surface area (Å²) in [5.41, 5.74) is 0. The fraction of sp³-hybridized carbons (Fsp3) is 0.909. The van der Waals surface area contributed by atoms with Gasteiger partial charge >= 0.3 is 0 Å². The molecule has 3 unspecified atom stereocenters. The lowest BCUT2D eigenvalue weighted by atomic mass is 10.0. The van der Waals surface area contributed by atoms with Crippen molar-refractivity contribution in [2.45, 2.75) is 315 Å². The van der Waals surface area contributed by atoms with Crippen molar-refractivity contribution in [1.29, 1.82) is 0 Å². The lowest BCUT2D eigenvalue weighted by molar-refractivity contribution is -0.124. The zero-order valence-electron chi connectivity index (χ0n) is 40.6. The molecule has 0 bridgehead atoms. The van der Waals surface area contributed by atoms with Crippen LogP contribution in [-0.2, 0) is 4.79 Å². The molecular formula is C55H107NO4. The molecule has 0 fully saturated rings. The van der Waals surface area contributed by atoms with E-state index in [9.17, 15) is 20.1 Å². The van der Waals surface area contributed by atoms with E-state index in [1.54, 1.807) is 6.08 Å². The maximum atomic E-state index is 12.5. The molecule has 60 heavy (non-hydrogen) atoms. The number of rotatable bonds is 50. The monoisotopic (exact) mass is 846 g/mol. The number of carbonyl (C=O) groups excluding carboxylic acids is 1. The van der Waals surface area contributed by atoms with E-state index in [1.165, 1.54) is 244 Å². The first-order valence-electron chi connectivity index (χ1n) is 27.1. The molecule has 0 rings (SSSR count). The van der Waals surface area contributed by atoms with E-state index in [0.717, 1.165) is 25.7 Å². The minimum Gasteiger partial charge on any atom is -0.394 e. The third-order valence-electron chi connectivity index (χ3n) is 12.7. The van der Waals surface area contributed by atoms with Crippen LogP contribution in [0, 0.1) is 0 Å². The van der Waals surface area contributed by atoms with Crippen molar-refractivity contribution in [3.63, 3.8) is 0 Å². The molecule has 0 aromatic rings. The maximum Gasteiger partial charge on any atom is 0.222 e. The molecule has 0 saturated carbocycles.